The highest BCUT2D eigenvalue weighted by Gasteiger charge is 2.23. The van der Waals surface area contributed by atoms with E-state index in [1.54, 1.807) is 0 Å². The number of fused-ring (bicyclic) bond motifs is 9. The molecule has 10 aromatic rings. The Bertz CT molecular complexity index is 2850. The van der Waals surface area contributed by atoms with Gasteiger partial charge in [0.1, 0.15) is 11.2 Å². The predicted molar refractivity (Wildman–Crippen MR) is 212 cm³/mol. The molecule has 2 nitrogen and oxygen atoms in total. The molecule has 10 rings (SSSR count). The number of nitrogens with zero attached hydrogens (tertiary/aromatic N) is 1. The average molecular weight is 638 g/mol. The summed E-state index contributed by atoms with van der Waals surface area (Å²) in [6, 6.07) is 67.4. The second-order valence-corrected chi connectivity index (χ2v) is 12.9. The van der Waals surface area contributed by atoms with E-state index in [1.807, 2.05) is 0 Å². The summed E-state index contributed by atoms with van der Waals surface area (Å²) >= 11 is 0. The lowest BCUT2D eigenvalue weighted by Gasteiger charge is -2.28. The van der Waals surface area contributed by atoms with Crippen molar-refractivity contribution >= 4 is 71.3 Å². The topological polar surface area (TPSA) is 16.4 Å². The molecular weight excluding hydrogens is 607 g/mol. The first-order valence-electron chi connectivity index (χ1n) is 17.1. The van der Waals surface area contributed by atoms with Crippen LogP contribution in [-0.4, -0.2) is 0 Å². The molecule has 0 saturated carbocycles. The second-order valence-electron chi connectivity index (χ2n) is 12.9. The van der Waals surface area contributed by atoms with Gasteiger partial charge in [-0.15, -0.1) is 0 Å². The Balaban J connectivity index is 1.30. The van der Waals surface area contributed by atoms with Crippen LogP contribution in [0, 0.1) is 0 Å². The van der Waals surface area contributed by atoms with Crippen molar-refractivity contribution in [1.29, 1.82) is 0 Å². The lowest BCUT2D eigenvalue weighted by Crippen LogP contribution is -2.11. The van der Waals surface area contributed by atoms with Crippen molar-refractivity contribution in [3.05, 3.63) is 188 Å². The summed E-state index contributed by atoms with van der Waals surface area (Å²) in [7, 11) is 0. The summed E-state index contributed by atoms with van der Waals surface area (Å²) in [6.07, 6.45) is 0. The van der Waals surface area contributed by atoms with E-state index in [1.165, 1.54) is 38.1 Å². The summed E-state index contributed by atoms with van der Waals surface area (Å²) in [5, 5.41) is 9.42. The fourth-order valence-electron chi connectivity index (χ4n) is 7.65. The third kappa shape index (κ3) is 4.57. The minimum Gasteiger partial charge on any atom is -0.455 e. The van der Waals surface area contributed by atoms with Crippen LogP contribution in [0.4, 0.5) is 17.1 Å². The Labute approximate surface area is 290 Å². The molecule has 50 heavy (non-hydrogen) atoms. The van der Waals surface area contributed by atoms with Crippen molar-refractivity contribution in [2.24, 2.45) is 0 Å². The van der Waals surface area contributed by atoms with Gasteiger partial charge in [0.25, 0.3) is 0 Å². The molecule has 0 amide bonds. The monoisotopic (exact) mass is 637 g/mol. The minimum absolute atomic E-state index is 0.877. The number of furan rings is 1. The van der Waals surface area contributed by atoms with E-state index < -0.39 is 0 Å². The first-order valence-corrected chi connectivity index (χ1v) is 17.1. The maximum absolute atomic E-state index is 6.89. The van der Waals surface area contributed by atoms with Gasteiger partial charge in [-0.25, -0.2) is 0 Å². The second kappa shape index (κ2) is 11.5. The maximum Gasteiger partial charge on any atom is 0.143 e. The molecule has 1 aromatic heterocycles. The van der Waals surface area contributed by atoms with Crippen LogP contribution in [0.3, 0.4) is 0 Å². The highest BCUT2D eigenvalue weighted by atomic mass is 16.3. The lowest BCUT2D eigenvalue weighted by atomic mass is 9.95. The molecule has 0 N–H and O–H groups in total. The average Bonchev–Trinajstić information content (AvgIpc) is 3.58. The summed E-state index contributed by atoms with van der Waals surface area (Å²) in [4.78, 5) is 2.41. The van der Waals surface area contributed by atoms with Gasteiger partial charge in [-0.1, -0.05) is 152 Å². The van der Waals surface area contributed by atoms with Crippen LogP contribution in [0.2, 0.25) is 0 Å². The van der Waals surface area contributed by atoms with Gasteiger partial charge in [0.2, 0.25) is 0 Å². The van der Waals surface area contributed by atoms with E-state index in [4.69, 9.17) is 4.42 Å². The van der Waals surface area contributed by atoms with Gasteiger partial charge in [-0.3, -0.25) is 0 Å². The van der Waals surface area contributed by atoms with Crippen molar-refractivity contribution in [2.45, 2.75) is 0 Å². The van der Waals surface area contributed by atoms with Crippen LogP contribution in [0.15, 0.2) is 192 Å². The number of rotatable bonds is 5. The molecule has 1 heterocycles. The van der Waals surface area contributed by atoms with Crippen LogP contribution in [0.1, 0.15) is 0 Å². The first kappa shape index (κ1) is 28.4. The molecule has 0 unspecified atom stereocenters. The molecule has 0 atom stereocenters. The van der Waals surface area contributed by atoms with E-state index in [9.17, 15) is 0 Å². The Morgan fingerprint density at radius 1 is 0.360 bits per heavy atom. The Kier molecular flexibility index (Phi) is 6.53. The van der Waals surface area contributed by atoms with Crippen LogP contribution in [0.25, 0.3) is 76.5 Å². The quantitative estimate of drug-likeness (QED) is 0.175. The molecule has 0 fully saturated rings. The maximum atomic E-state index is 6.89. The smallest absolute Gasteiger partial charge is 0.143 e. The van der Waals surface area contributed by atoms with Gasteiger partial charge in [0, 0.05) is 33.1 Å². The van der Waals surface area contributed by atoms with Gasteiger partial charge < -0.3 is 9.32 Å². The van der Waals surface area contributed by atoms with Crippen molar-refractivity contribution < 1.29 is 4.42 Å². The molecule has 0 saturated heterocycles. The Morgan fingerprint density at radius 2 is 0.920 bits per heavy atom. The molecule has 234 valence electrons. The van der Waals surface area contributed by atoms with E-state index in [2.05, 4.69) is 193 Å². The number of hydrogen-bond donors (Lipinski definition) is 0. The molecule has 0 bridgehead atoms. The first-order chi connectivity index (χ1) is 24.8. The summed E-state index contributed by atoms with van der Waals surface area (Å²) in [6.45, 7) is 0. The van der Waals surface area contributed by atoms with Gasteiger partial charge in [0.05, 0.1) is 5.69 Å². The van der Waals surface area contributed by atoms with Gasteiger partial charge in [0.15, 0.2) is 0 Å². The van der Waals surface area contributed by atoms with E-state index >= 15 is 0 Å². The third-order valence-electron chi connectivity index (χ3n) is 10.0. The normalized spacial score (nSPS) is 11.6. The molecule has 0 aliphatic heterocycles. The van der Waals surface area contributed by atoms with Gasteiger partial charge in [-0.2, -0.15) is 0 Å². The standard InChI is InChI=1S/C48H31NO/c1-3-13-32(14-4-1)34-23-26-37(27-24-34)49(38-28-25-33-15-7-8-18-36(33)29-38)45-30-44-46(31-43(45)35-16-5-2-6-17-35)50-48-42-22-12-10-20-40(42)39-19-9-11-21-41(39)47(44)48/h1-31H. The molecule has 0 aliphatic rings. The minimum atomic E-state index is 0.877. The lowest BCUT2D eigenvalue weighted by molar-refractivity contribution is 0.673. The molecule has 0 radical (unpaired) electrons. The zero-order valence-corrected chi connectivity index (χ0v) is 27.3. The molecule has 0 aliphatic carbocycles. The fraction of sp³-hybridized carbons (Fsp3) is 0. The zero-order chi connectivity index (χ0) is 33.0. The number of anilines is 3. The summed E-state index contributed by atoms with van der Waals surface area (Å²) < 4.78 is 6.89. The summed E-state index contributed by atoms with van der Waals surface area (Å²) in [5.41, 5.74) is 9.69. The highest BCUT2D eigenvalue weighted by Crippen LogP contribution is 2.48. The van der Waals surface area contributed by atoms with Crippen molar-refractivity contribution in [3.8, 4) is 22.3 Å². The molecular formula is C48H31NO. The van der Waals surface area contributed by atoms with Crippen LogP contribution in [0.5, 0.6) is 0 Å². The largest absolute Gasteiger partial charge is 0.455 e. The molecule has 9 aromatic carbocycles. The molecule has 2 heteroatoms. The predicted octanol–water partition coefficient (Wildman–Crippen LogP) is 13.8. The van der Waals surface area contributed by atoms with Crippen LogP contribution < -0.4 is 4.90 Å². The third-order valence-corrected chi connectivity index (χ3v) is 10.0. The summed E-state index contributed by atoms with van der Waals surface area (Å²) in [5.74, 6) is 0. The zero-order valence-electron chi connectivity index (χ0n) is 27.3. The van der Waals surface area contributed by atoms with Crippen LogP contribution in [-0.2, 0) is 0 Å². The van der Waals surface area contributed by atoms with Gasteiger partial charge >= 0.3 is 0 Å². The SMILES string of the molecule is c1ccc(-c2ccc(N(c3ccc4ccccc4c3)c3cc4c(cc3-c3ccccc3)oc3c5ccccc5c5ccccc5c43)cc2)cc1. The van der Waals surface area contributed by atoms with E-state index in [0.717, 1.165) is 55.5 Å². The van der Waals surface area contributed by atoms with Crippen molar-refractivity contribution in [3.63, 3.8) is 0 Å². The van der Waals surface area contributed by atoms with Crippen LogP contribution >= 0.6 is 0 Å². The number of hydrogen-bond acceptors (Lipinski definition) is 2. The highest BCUT2D eigenvalue weighted by molar-refractivity contribution is 6.30. The molecule has 0 spiro atoms. The van der Waals surface area contributed by atoms with Gasteiger partial charge in [-0.05, 0) is 80.0 Å². The number of benzene rings is 9. The van der Waals surface area contributed by atoms with E-state index in [-0.39, 0.29) is 0 Å². The Hall–Kier alpha value is -6.64. The van der Waals surface area contributed by atoms with Crippen molar-refractivity contribution in [2.75, 3.05) is 4.90 Å². The fourth-order valence-corrected chi connectivity index (χ4v) is 7.65. The van der Waals surface area contributed by atoms with E-state index in [0.29, 0.717) is 0 Å². The van der Waals surface area contributed by atoms with Crippen molar-refractivity contribution in [1.82, 2.24) is 0 Å². The Morgan fingerprint density at radius 3 is 1.66 bits per heavy atom.